The Morgan fingerprint density at radius 1 is 1.23 bits per heavy atom. The van der Waals surface area contributed by atoms with Gasteiger partial charge in [-0.2, -0.15) is 12.6 Å². The van der Waals surface area contributed by atoms with E-state index in [1.165, 1.54) is 45.2 Å². The lowest BCUT2D eigenvalue weighted by atomic mass is 10.0. The summed E-state index contributed by atoms with van der Waals surface area (Å²) in [7, 11) is 0. The molecule has 0 N–H and O–H groups in total. The van der Waals surface area contributed by atoms with Crippen LogP contribution in [0, 0.1) is 0 Å². The molecule has 78 valence electrons. The van der Waals surface area contributed by atoms with Crippen molar-refractivity contribution in [2.45, 2.75) is 51.5 Å². The van der Waals surface area contributed by atoms with Crippen molar-refractivity contribution in [3.05, 3.63) is 0 Å². The van der Waals surface area contributed by atoms with Crippen LogP contribution in [0.4, 0.5) is 0 Å². The van der Waals surface area contributed by atoms with E-state index in [-0.39, 0.29) is 0 Å². The Kier molecular flexibility index (Phi) is 4.60. The molecule has 1 aliphatic heterocycles. The summed E-state index contributed by atoms with van der Waals surface area (Å²) < 4.78 is 0. The Bertz CT molecular complexity index is 145. The summed E-state index contributed by atoms with van der Waals surface area (Å²) in [6.45, 7) is 7.35. The van der Waals surface area contributed by atoms with Crippen molar-refractivity contribution in [1.82, 2.24) is 4.90 Å². The van der Waals surface area contributed by atoms with E-state index in [1.54, 1.807) is 0 Å². The minimum Gasteiger partial charge on any atom is -0.298 e. The van der Waals surface area contributed by atoms with Crippen molar-refractivity contribution >= 4 is 12.6 Å². The van der Waals surface area contributed by atoms with Crippen molar-refractivity contribution in [2.24, 2.45) is 0 Å². The van der Waals surface area contributed by atoms with Gasteiger partial charge in [-0.25, -0.2) is 0 Å². The summed E-state index contributed by atoms with van der Waals surface area (Å²) in [4.78, 5) is 2.64. The van der Waals surface area contributed by atoms with E-state index in [1.807, 2.05) is 0 Å². The first kappa shape index (κ1) is 11.4. The maximum Gasteiger partial charge on any atom is 0.0153 e. The van der Waals surface area contributed by atoms with Gasteiger partial charge >= 0.3 is 0 Å². The molecule has 0 spiro atoms. The molecule has 0 atom stereocenters. The summed E-state index contributed by atoms with van der Waals surface area (Å²) in [6, 6.07) is 0. The third-order valence-electron chi connectivity index (χ3n) is 3.16. The molecule has 0 aliphatic carbocycles. The Hall–Kier alpha value is 0.310. The quantitative estimate of drug-likeness (QED) is 0.529. The third kappa shape index (κ3) is 3.51. The molecule has 1 rings (SSSR count). The summed E-state index contributed by atoms with van der Waals surface area (Å²) in [6.07, 6.45) is 6.73. The molecule has 1 heterocycles. The third-order valence-corrected chi connectivity index (χ3v) is 3.48. The van der Waals surface area contributed by atoms with Crippen molar-refractivity contribution < 1.29 is 0 Å². The highest BCUT2D eigenvalue weighted by atomic mass is 32.1. The SMILES string of the molecule is CC1(C)CCCN1CCCCCS. The maximum atomic E-state index is 4.22. The molecular formula is C11H23NS. The minimum atomic E-state index is 0.473. The molecular weight excluding hydrogens is 178 g/mol. The van der Waals surface area contributed by atoms with Crippen molar-refractivity contribution in [2.75, 3.05) is 18.8 Å². The first-order valence-electron chi connectivity index (χ1n) is 5.53. The molecule has 0 radical (unpaired) electrons. The Balaban J connectivity index is 2.14. The van der Waals surface area contributed by atoms with E-state index in [0.29, 0.717) is 5.54 Å². The lowest BCUT2D eigenvalue weighted by Gasteiger charge is -2.31. The second-order valence-corrected chi connectivity index (χ2v) is 5.13. The minimum absolute atomic E-state index is 0.473. The van der Waals surface area contributed by atoms with Gasteiger partial charge in [0.1, 0.15) is 0 Å². The highest BCUT2D eigenvalue weighted by Crippen LogP contribution is 2.28. The fourth-order valence-corrected chi connectivity index (χ4v) is 2.39. The molecule has 0 bridgehead atoms. The average Bonchev–Trinajstić information content (AvgIpc) is 2.40. The van der Waals surface area contributed by atoms with Crippen LogP contribution in [0.25, 0.3) is 0 Å². The fourth-order valence-electron chi connectivity index (χ4n) is 2.17. The van der Waals surface area contributed by atoms with Gasteiger partial charge in [-0.1, -0.05) is 6.42 Å². The predicted octanol–water partition coefficient (Wildman–Crippen LogP) is 2.96. The Labute approximate surface area is 88.3 Å². The van der Waals surface area contributed by atoms with Crippen molar-refractivity contribution in [3.63, 3.8) is 0 Å². The summed E-state index contributed by atoms with van der Waals surface area (Å²) >= 11 is 4.22. The van der Waals surface area contributed by atoms with E-state index < -0.39 is 0 Å². The molecule has 1 fully saturated rings. The number of nitrogens with zero attached hydrogens (tertiary/aromatic N) is 1. The van der Waals surface area contributed by atoms with Crippen LogP contribution in [0.2, 0.25) is 0 Å². The fraction of sp³-hybridized carbons (Fsp3) is 1.00. The van der Waals surface area contributed by atoms with Gasteiger partial charge < -0.3 is 0 Å². The molecule has 0 aromatic carbocycles. The largest absolute Gasteiger partial charge is 0.298 e. The second kappa shape index (κ2) is 5.26. The molecule has 0 unspecified atom stereocenters. The molecule has 2 heteroatoms. The van der Waals surface area contributed by atoms with Crippen LogP contribution in [0.15, 0.2) is 0 Å². The van der Waals surface area contributed by atoms with Crippen LogP contribution < -0.4 is 0 Å². The van der Waals surface area contributed by atoms with Gasteiger partial charge in [0.05, 0.1) is 0 Å². The highest BCUT2D eigenvalue weighted by Gasteiger charge is 2.30. The maximum absolute atomic E-state index is 4.22. The highest BCUT2D eigenvalue weighted by molar-refractivity contribution is 7.80. The lowest BCUT2D eigenvalue weighted by Crippen LogP contribution is -2.38. The zero-order valence-electron chi connectivity index (χ0n) is 9.05. The smallest absolute Gasteiger partial charge is 0.0153 e. The van der Waals surface area contributed by atoms with Crippen LogP contribution in [0.1, 0.15) is 46.0 Å². The van der Waals surface area contributed by atoms with E-state index in [2.05, 4.69) is 31.4 Å². The van der Waals surface area contributed by atoms with E-state index in [9.17, 15) is 0 Å². The normalized spacial score (nSPS) is 22.4. The monoisotopic (exact) mass is 201 g/mol. The molecule has 1 nitrogen and oxygen atoms in total. The molecule has 1 saturated heterocycles. The summed E-state index contributed by atoms with van der Waals surface area (Å²) in [5.74, 6) is 1.05. The van der Waals surface area contributed by atoms with E-state index in [4.69, 9.17) is 0 Å². The molecule has 0 amide bonds. The number of hydrogen-bond donors (Lipinski definition) is 1. The van der Waals surface area contributed by atoms with Gasteiger partial charge in [-0.3, -0.25) is 4.90 Å². The molecule has 0 aromatic heterocycles. The molecule has 0 saturated carbocycles. The van der Waals surface area contributed by atoms with Gasteiger partial charge in [-0.15, -0.1) is 0 Å². The standard InChI is InChI=1S/C11H23NS/c1-11(2)7-6-9-12(11)8-4-3-5-10-13/h13H,3-10H2,1-2H3. The number of likely N-dealkylation sites (tertiary alicyclic amines) is 1. The van der Waals surface area contributed by atoms with Crippen molar-refractivity contribution in [1.29, 1.82) is 0 Å². The number of hydrogen-bond acceptors (Lipinski definition) is 2. The predicted molar refractivity (Wildman–Crippen MR) is 62.6 cm³/mol. The zero-order chi connectivity index (χ0) is 9.73. The number of thiol groups is 1. The zero-order valence-corrected chi connectivity index (χ0v) is 9.95. The first-order chi connectivity index (χ1) is 6.17. The van der Waals surface area contributed by atoms with Gasteiger partial charge in [0.2, 0.25) is 0 Å². The Morgan fingerprint density at radius 3 is 2.54 bits per heavy atom. The van der Waals surface area contributed by atoms with Crippen LogP contribution >= 0.6 is 12.6 Å². The first-order valence-corrected chi connectivity index (χ1v) is 6.16. The van der Waals surface area contributed by atoms with E-state index >= 15 is 0 Å². The van der Waals surface area contributed by atoms with Gasteiger partial charge in [0, 0.05) is 5.54 Å². The van der Waals surface area contributed by atoms with E-state index in [0.717, 1.165) is 5.75 Å². The Morgan fingerprint density at radius 2 is 2.00 bits per heavy atom. The summed E-state index contributed by atoms with van der Waals surface area (Å²) in [5, 5.41) is 0. The topological polar surface area (TPSA) is 3.24 Å². The van der Waals surface area contributed by atoms with Crippen LogP contribution in [0.3, 0.4) is 0 Å². The molecule has 13 heavy (non-hydrogen) atoms. The van der Waals surface area contributed by atoms with Gasteiger partial charge in [-0.05, 0) is 58.4 Å². The van der Waals surface area contributed by atoms with Crippen molar-refractivity contribution in [3.8, 4) is 0 Å². The van der Waals surface area contributed by atoms with Crippen LogP contribution in [-0.4, -0.2) is 29.3 Å². The van der Waals surface area contributed by atoms with Gasteiger partial charge in [0.25, 0.3) is 0 Å². The van der Waals surface area contributed by atoms with Crippen LogP contribution in [0.5, 0.6) is 0 Å². The van der Waals surface area contributed by atoms with Crippen LogP contribution in [-0.2, 0) is 0 Å². The molecule has 1 aliphatic rings. The summed E-state index contributed by atoms with van der Waals surface area (Å²) in [5.41, 5.74) is 0.473. The lowest BCUT2D eigenvalue weighted by molar-refractivity contribution is 0.172. The van der Waals surface area contributed by atoms with Gasteiger partial charge in [0.15, 0.2) is 0 Å². The average molecular weight is 201 g/mol. The number of rotatable bonds is 5. The molecule has 0 aromatic rings. The second-order valence-electron chi connectivity index (χ2n) is 4.69. The number of unbranched alkanes of at least 4 members (excludes halogenated alkanes) is 2.